The van der Waals surface area contributed by atoms with Crippen LogP contribution in [-0.4, -0.2) is 19.1 Å². The van der Waals surface area contributed by atoms with Gasteiger partial charge in [0.1, 0.15) is 0 Å². The lowest BCUT2D eigenvalue weighted by molar-refractivity contribution is -0.144. The molecule has 0 amide bonds. The van der Waals surface area contributed by atoms with Crippen LogP contribution in [0.5, 0.6) is 0 Å². The Kier molecular flexibility index (Phi) is 12.1. The molecule has 0 aromatic heterocycles. The Morgan fingerprint density at radius 3 is 2.37 bits per heavy atom. The molecule has 0 aromatic rings. The van der Waals surface area contributed by atoms with E-state index in [0.29, 0.717) is 31.4 Å². The van der Waals surface area contributed by atoms with Gasteiger partial charge in [-0.2, -0.15) is 0 Å². The minimum absolute atomic E-state index is 0.0434. The van der Waals surface area contributed by atoms with Gasteiger partial charge in [-0.3, -0.25) is 4.79 Å². The first kappa shape index (κ1) is 18.4. The Hall–Kier alpha value is -0.570. The fourth-order valence-corrected chi connectivity index (χ4v) is 2.29. The number of rotatable bonds is 12. The lowest BCUT2D eigenvalue weighted by Crippen LogP contribution is -2.16. The Morgan fingerprint density at radius 1 is 1.11 bits per heavy atom. The van der Waals surface area contributed by atoms with E-state index >= 15 is 0 Å². The molecule has 0 spiro atoms. The molecule has 1 unspecified atom stereocenters. The summed E-state index contributed by atoms with van der Waals surface area (Å²) in [6.07, 6.45) is 8.40. The van der Waals surface area contributed by atoms with E-state index in [4.69, 9.17) is 10.5 Å². The minimum atomic E-state index is -0.0434. The van der Waals surface area contributed by atoms with E-state index < -0.39 is 0 Å². The smallest absolute Gasteiger partial charge is 0.305 e. The first-order valence-electron chi connectivity index (χ1n) is 7.97. The summed E-state index contributed by atoms with van der Waals surface area (Å²) in [5.41, 5.74) is 5.60. The summed E-state index contributed by atoms with van der Waals surface area (Å²) in [6, 6.07) is 0. The number of ether oxygens (including phenoxy) is 1. The molecule has 0 rings (SSSR count). The van der Waals surface area contributed by atoms with Crippen molar-refractivity contribution in [3.8, 4) is 0 Å². The van der Waals surface area contributed by atoms with E-state index in [-0.39, 0.29) is 5.97 Å². The van der Waals surface area contributed by atoms with Gasteiger partial charge >= 0.3 is 5.97 Å². The number of nitrogens with two attached hydrogens (primary N) is 1. The average molecular weight is 271 g/mol. The summed E-state index contributed by atoms with van der Waals surface area (Å²) in [7, 11) is 0. The van der Waals surface area contributed by atoms with Crippen molar-refractivity contribution in [2.24, 2.45) is 17.6 Å². The Labute approximate surface area is 119 Å². The number of carbonyl (C=O) groups is 1. The lowest BCUT2D eigenvalue weighted by atomic mass is 9.88. The molecule has 0 heterocycles. The molecule has 3 heteroatoms. The number of unbranched alkanes of at least 4 members (excludes halogenated alkanes) is 4. The first-order valence-corrected chi connectivity index (χ1v) is 7.97. The second kappa shape index (κ2) is 12.5. The zero-order valence-electron chi connectivity index (χ0n) is 13.1. The predicted octanol–water partition coefficient (Wildman–Crippen LogP) is 3.90. The summed E-state index contributed by atoms with van der Waals surface area (Å²) in [6.45, 7) is 7.88. The van der Waals surface area contributed by atoms with Crippen molar-refractivity contribution >= 4 is 5.97 Å². The van der Waals surface area contributed by atoms with Crippen molar-refractivity contribution in [1.82, 2.24) is 0 Å². The fraction of sp³-hybridized carbons (Fsp3) is 0.938. The standard InChI is InChI=1S/C16H33NO2/c1-4-5-6-7-8-13-19-16(18)10-9-15(11-12-17)14(2)3/h14-15H,4-13,17H2,1-3H3. The van der Waals surface area contributed by atoms with Crippen LogP contribution < -0.4 is 5.73 Å². The molecule has 0 aliphatic heterocycles. The van der Waals surface area contributed by atoms with Crippen LogP contribution in [0.4, 0.5) is 0 Å². The lowest BCUT2D eigenvalue weighted by Gasteiger charge is -2.19. The van der Waals surface area contributed by atoms with Gasteiger partial charge in [0, 0.05) is 6.42 Å². The maximum Gasteiger partial charge on any atom is 0.305 e. The quantitative estimate of drug-likeness (QED) is 0.432. The summed E-state index contributed by atoms with van der Waals surface area (Å²) < 4.78 is 5.26. The van der Waals surface area contributed by atoms with E-state index in [2.05, 4.69) is 20.8 Å². The second-order valence-electron chi connectivity index (χ2n) is 5.75. The van der Waals surface area contributed by atoms with Gasteiger partial charge in [0.15, 0.2) is 0 Å². The average Bonchev–Trinajstić information content (AvgIpc) is 2.38. The topological polar surface area (TPSA) is 52.3 Å². The van der Waals surface area contributed by atoms with Crippen LogP contribution >= 0.6 is 0 Å². The molecule has 0 fully saturated rings. The molecule has 0 radical (unpaired) electrons. The molecule has 114 valence electrons. The van der Waals surface area contributed by atoms with Gasteiger partial charge in [-0.1, -0.05) is 46.5 Å². The molecule has 0 saturated heterocycles. The van der Waals surface area contributed by atoms with E-state index in [1.54, 1.807) is 0 Å². The Bertz CT molecular complexity index is 217. The first-order chi connectivity index (χ1) is 9.11. The third kappa shape index (κ3) is 11.0. The van der Waals surface area contributed by atoms with E-state index in [1.807, 2.05) is 0 Å². The molecule has 0 aliphatic rings. The zero-order valence-corrected chi connectivity index (χ0v) is 13.1. The normalized spacial score (nSPS) is 12.7. The van der Waals surface area contributed by atoms with Crippen LogP contribution in [0.1, 0.15) is 72.1 Å². The van der Waals surface area contributed by atoms with Gasteiger partial charge in [-0.15, -0.1) is 0 Å². The van der Waals surface area contributed by atoms with Crippen molar-refractivity contribution < 1.29 is 9.53 Å². The molecule has 0 bridgehead atoms. The van der Waals surface area contributed by atoms with Crippen LogP contribution in [0.2, 0.25) is 0 Å². The SMILES string of the molecule is CCCCCCCOC(=O)CCC(CCN)C(C)C. The molecule has 1 atom stereocenters. The van der Waals surface area contributed by atoms with Gasteiger partial charge in [0.2, 0.25) is 0 Å². The van der Waals surface area contributed by atoms with Crippen molar-refractivity contribution in [2.75, 3.05) is 13.2 Å². The van der Waals surface area contributed by atoms with Crippen molar-refractivity contribution in [2.45, 2.75) is 72.1 Å². The highest BCUT2D eigenvalue weighted by atomic mass is 16.5. The Balaban J connectivity index is 3.57. The van der Waals surface area contributed by atoms with E-state index in [9.17, 15) is 4.79 Å². The summed E-state index contributed by atoms with van der Waals surface area (Å²) >= 11 is 0. The highest BCUT2D eigenvalue weighted by molar-refractivity contribution is 5.69. The number of hydrogen-bond donors (Lipinski definition) is 1. The van der Waals surface area contributed by atoms with E-state index in [0.717, 1.165) is 19.3 Å². The number of carbonyl (C=O) groups excluding carboxylic acids is 1. The molecular weight excluding hydrogens is 238 g/mol. The highest BCUT2D eigenvalue weighted by Gasteiger charge is 2.14. The zero-order chi connectivity index (χ0) is 14.5. The molecule has 0 saturated carbocycles. The van der Waals surface area contributed by atoms with Crippen molar-refractivity contribution in [3.05, 3.63) is 0 Å². The van der Waals surface area contributed by atoms with Gasteiger partial charge in [0.25, 0.3) is 0 Å². The predicted molar refractivity (Wildman–Crippen MR) is 81.0 cm³/mol. The van der Waals surface area contributed by atoms with Crippen LogP contribution in [0.15, 0.2) is 0 Å². The molecule has 2 N–H and O–H groups in total. The molecule has 3 nitrogen and oxygen atoms in total. The summed E-state index contributed by atoms with van der Waals surface area (Å²) in [5, 5.41) is 0. The molecule has 0 aliphatic carbocycles. The second-order valence-corrected chi connectivity index (χ2v) is 5.75. The van der Waals surface area contributed by atoms with Gasteiger partial charge in [-0.05, 0) is 37.6 Å². The van der Waals surface area contributed by atoms with E-state index in [1.165, 1.54) is 25.7 Å². The fourth-order valence-electron chi connectivity index (χ4n) is 2.29. The number of hydrogen-bond acceptors (Lipinski definition) is 3. The van der Waals surface area contributed by atoms with Gasteiger partial charge in [0.05, 0.1) is 6.61 Å². The van der Waals surface area contributed by atoms with Crippen LogP contribution in [0.3, 0.4) is 0 Å². The third-order valence-electron chi connectivity index (χ3n) is 3.71. The van der Waals surface area contributed by atoms with Crippen molar-refractivity contribution in [3.63, 3.8) is 0 Å². The monoisotopic (exact) mass is 271 g/mol. The third-order valence-corrected chi connectivity index (χ3v) is 3.71. The van der Waals surface area contributed by atoms with Gasteiger partial charge in [-0.25, -0.2) is 0 Å². The number of esters is 1. The highest BCUT2D eigenvalue weighted by Crippen LogP contribution is 2.20. The van der Waals surface area contributed by atoms with Gasteiger partial charge < -0.3 is 10.5 Å². The Morgan fingerprint density at radius 2 is 1.79 bits per heavy atom. The summed E-state index contributed by atoms with van der Waals surface area (Å²) in [4.78, 5) is 11.6. The largest absolute Gasteiger partial charge is 0.466 e. The minimum Gasteiger partial charge on any atom is -0.466 e. The van der Waals surface area contributed by atoms with Crippen LogP contribution in [-0.2, 0) is 9.53 Å². The van der Waals surface area contributed by atoms with Crippen LogP contribution in [0.25, 0.3) is 0 Å². The van der Waals surface area contributed by atoms with Crippen molar-refractivity contribution in [1.29, 1.82) is 0 Å². The van der Waals surface area contributed by atoms with Crippen LogP contribution in [0, 0.1) is 11.8 Å². The molecule has 0 aromatic carbocycles. The maximum absolute atomic E-state index is 11.6. The maximum atomic E-state index is 11.6. The molecule has 19 heavy (non-hydrogen) atoms. The summed E-state index contributed by atoms with van der Waals surface area (Å²) in [5.74, 6) is 1.09. The molecular formula is C16H33NO2.